The van der Waals surface area contributed by atoms with Crippen molar-refractivity contribution >= 4 is 5.97 Å². The van der Waals surface area contributed by atoms with E-state index in [4.69, 9.17) is 4.74 Å². The van der Waals surface area contributed by atoms with Crippen molar-refractivity contribution in [2.24, 2.45) is 0 Å². The second-order valence-electron chi connectivity index (χ2n) is 3.23. The predicted octanol–water partition coefficient (Wildman–Crippen LogP) is 3.46. The van der Waals surface area contributed by atoms with Crippen LogP contribution in [0.25, 0.3) is 0 Å². The third kappa shape index (κ3) is 9.38. The maximum Gasteiger partial charge on any atom is 0.306 e. The van der Waals surface area contributed by atoms with Gasteiger partial charge in [0.1, 0.15) is 6.61 Å². The third-order valence-corrected chi connectivity index (χ3v) is 1.87. The number of carbonyl (C=O) groups is 1. The van der Waals surface area contributed by atoms with Gasteiger partial charge in [-0.15, -0.1) is 0 Å². The number of hydrogen-bond acceptors (Lipinski definition) is 2. The molecule has 0 aliphatic heterocycles. The zero-order valence-electron chi connectivity index (χ0n) is 8.84. The summed E-state index contributed by atoms with van der Waals surface area (Å²) in [7, 11) is 0. The molecular formula is C11H21O2. The quantitative estimate of drug-likeness (QED) is 0.427. The highest BCUT2D eigenvalue weighted by atomic mass is 16.5. The van der Waals surface area contributed by atoms with Crippen LogP contribution in [0.1, 0.15) is 58.8 Å². The van der Waals surface area contributed by atoms with Gasteiger partial charge in [0, 0.05) is 6.42 Å². The zero-order valence-corrected chi connectivity index (χ0v) is 8.84. The van der Waals surface area contributed by atoms with Gasteiger partial charge in [0.05, 0.1) is 0 Å². The largest absolute Gasteiger partial charge is 0.458 e. The molecule has 1 radical (unpaired) electrons. The summed E-state index contributed by atoms with van der Waals surface area (Å²) in [5, 5.41) is 0. The highest BCUT2D eigenvalue weighted by Gasteiger charge is 2.00. The second-order valence-corrected chi connectivity index (χ2v) is 3.23. The Morgan fingerprint density at radius 1 is 1.15 bits per heavy atom. The average Bonchev–Trinajstić information content (AvgIpc) is 2.14. The maximum atomic E-state index is 11.0. The normalized spacial score (nSPS) is 10.0. The van der Waals surface area contributed by atoms with E-state index in [-0.39, 0.29) is 5.97 Å². The number of rotatable bonds is 8. The van der Waals surface area contributed by atoms with Gasteiger partial charge in [0.2, 0.25) is 0 Å². The average molecular weight is 185 g/mol. The van der Waals surface area contributed by atoms with Crippen molar-refractivity contribution in [3.05, 3.63) is 6.61 Å². The Balaban J connectivity index is 3.08. The molecule has 0 aliphatic rings. The number of ether oxygens (including phenoxy) is 1. The Hall–Kier alpha value is -0.530. The van der Waals surface area contributed by atoms with E-state index in [0.717, 1.165) is 19.3 Å². The minimum absolute atomic E-state index is 0.0849. The SMILES string of the molecule is CC[CH]OC(=O)CCCCCCC. The van der Waals surface area contributed by atoms with Crippen LogP contribution in [-0.4, -0.2) is 5.97 Å². The summed E-state index contributed by atoms with van der Waals surface area (Å²) in [5.41, 5.74) is 0. The molecule has 0 fully saturated rings. The molecule has 77 valence electrons. The van der Waals surface area contributed by atoms with Gasteiger partial charge in [-0.25, -0.2) is 0 Å². The number of unbranched alkanes of at least 4 members (excludes halogenated alkanes) is 4. The maximum absolute atomic E-state index is 11.0. The molecule has 0 spiro atoms. The summed E-state index contributed by atoms with van der Waals surface area (Å²) >= 11 is 0. The van der Waals surface area contributed by atoms with Gasteiger partial charge < -0.3 is 4.74 Å². The lowest BCUT2D eigenvalue weighted by molar-refractivity contribution is -0.140. The Bertz CT molecular complexity index is 121. The molecule has 0 aromatic rings. The predicted molar refractivity (Wildman–Crippen MR) is 54.1 cm³/mol. The van der Waals surface area contributed by atoms with E-state index in [1.165, 1.54) is 19.3 Å². The van der Waals surface area contributed by atoms with Crippen LogP contribution in [0.3, 0.4) is 0 Å². The molecule has 2 heteroatoms. The number of hydrogen-bond donors (Lipinski definition) is 0. The molecule has 0 N–H and O–H groups in total. The van der Waals surface area contributed by atoms with Crippen LogP contribution in [0.2, 0.25) is 0 Å². The molecule has 0 aromatic heterocycles. The Morgan fingerprint density at radius 3 is 2.46 bits per heavy atom. The van der Waals surface area contributed by atoms with Crippen molar-refractivity contribution in [1.82, 2.24) is 0 Å². The van der Waals surface area contributed by atoms with Gasteiger partial charge in [-0.2, -0.15) is 0 Å². The molecule has 0 heterocycles. The molecule has 0 unspecified atom stereocenters. The first-order valence-corrected chi connectivity index (χ1v) is 5.32. The molecule has 0 aliphatic carbocycles. The van der Waals surface area contributed by atoms with Crippen LogP contribution < -0.4 is 0 Å². The minimum atomic E-state index is -0.0849. The van der Waals surface area contributed by atoms with Gasteiger partial charge >= 0.3 is 5.97 Å². The van der Waals surface area contributed by atoms with Gasteiger partial charge in [0.25, 0.3) is 0 Å². The fraction of sp³-hybridized carbons (Fsp3) is 0.818. The fourth-order valence-corrected chi connectivity index (χ4v) is 1.11. The van der Waals surface area contributed by atoms with E-state index in [2.05, 4.69) is 6.92 Å². The van der Waals surface area contributed by atoms with Gasteiger partial charge in [-0.1, -0.05) is 39.5 Å². The van der Waals surface area contributed by atoms with Crippen LogP contribution >= 0.6 is 0 Å². The Kier molecular flexibility index (Phi) is 9.17. The monoisotopic (exact) mass is 185 g/mol. The van der Waals surface area contributed by atoms with Crippen LogP contribution in [0.15, 0.2) is 0 Å². The molecule has 0 rings (SSSR count). The summed E-state index contributed by atoms with van der Waals surface area (Å²) in [6.45, 7) is 5.70. The van der Waals surface area contributed by atoms with Crippen molar-refractivity contribution in [3.8, 4) is 0 Å². The third-order valence-electron chi connectivity index (χ3n) is 1.87. The minimum Gasteiger partial charge on any atom is -0.458 e. The summed E-state index contributed by atoms with van der Waals surface area (Å²) in [6.07, 6.45) is 7.23. The van der Waals surface area contributed by atoms with E-state index in [9.17, 15) is 4.79 Å². The lowest BCUT2D eigenvalue weighted by Gasteiger charge is -2.01. The van der Waals surface area contributed by atoms with Crippen molar-refractivity contribution < 1.29 is 9.53 Å². The van der Waals surface area contributed by atoms with Crippen molar-refractivity contribution in [1.29, 1.82) is 0 Å². The van der Waals surface area contributed by atoms with Crippen LogP contribution in [0.4, 0.5) is 0 Å². The van der Waals surface area contributed by atoms with E-state index in [1.54, 1.807) is 6.61 Å². The molecular weight excluding hydrogens is 164 g/mol. The summed E-state index contributed by atoms with van der Waals surface area (Å²) in [4.78, 5) is 11.0. The van der Waals surface area contributed by atoms with E-state index in [1.807, 2.05) is 6.92 Å². The highest BCUT2D eigenvalue weighted by molar-refractivity contribution is 5.69. The van der Waals surface area contributed by atoms with Crippen LogP contribution in [0, 0.1) is 6.61 Å². The Morgan fingerprint density at radius 2 is 1.85 bits per heavy atom. The second kappa shape index (κ2) is 9.56. The smallest absolute Gasteiger partial charge is 0.306 e. The number of esters is 1. The first-order chi connectivity index (χ1) is 6.31. The van der Waals surface area contributed by atoms with Gasteiger partial charge in [-0.05, 0) is 12.8 Å². The van der Waals surface area contributed by atoms with Crippen molar-refractivity contribution in [2.45, 2.75) is 58.8 Å². The van der Waals surface area contributed by atoms with Crippen LogP contribution in [-0.2, 0) is 9.53 Å². The van der Waals surface area contributed by atoms with Gasteiger partial charge in [0.15, 0.2) is 0 Å². The lowest BCUT2D eigenvalue weighted by atomic mass is 10.1. The van der Waals surface area contributed by atoms with Gasteiger partial charge in [-0.3, -0.25) is 4.79 Å². The zero-order chi connectivity index (χ0) is 9.94. The highest BCUT2D eigenvalue weighted by Crippen LogP contribution is 2.06. The molecule has 0 atom stereocenters. The van der Waals surface area contributed by atoms with E-state index >= 15 is 0 Å². The summed E-state index contributed by atoms with van der Waals surface area (Å²) < 4.78 is 4.83. The standard InChI is InChI=1S/C11H21O2/c1-3-5-6-7-8-9-11(12)13-10-4-2/h10H,3-9H2,1-2H3. The molecule has 0 saturated heterocycles. The van der Waals surface area contributed by atoms with Crippen LogP contribution in [0.5, 0.6) is 0 Å². The van der Waals surface area contributed by atoms with E-state index < -0.39 is 0 Å². The first-order valence-electron chi connectivity index (χ1n) is 5.32. The summed E-state index contributed by atoms with van der Waals surface area (Å²) in [6, 6.07) is 0. The molecule has 0 amide bonds. The molecule has 2 nitrogen and oxygen atoms in total. The molecule has 0 aromatic carbocycles. The lowest BCUT2D eigenvalue weighted by Crippen LogP contribution is -2.01. The van der Waals surface area contributed by atoms with E-state index in [0.29, 0.717) is 6.42 Å². The van der Waals surface area contributed by atoms with Crippen molar-refractivity contribution in [3.63, 3.8) is 0 Å². The first kappa shape index (κ1) is 12.5. The molecule has 0 bridgehead atoms. The topological polar surface area (TPSA) is 26.3 Å². The number of carbonyl (C=O) groups excluding carboxylic acids is 1. The Labute approximate surface area is 81.7 Å². The van der Waals surface area contributed by atoms with Crippen molar-refractivity contribution in [2.75, 3.05) is 0 Å². The molecule has 0 saturated carbocycles. The fourth-order valence-electron chi connectivity index (χ4n) is 1.11. The molecule has 13 heavy (non-hydrogen) atoms. The summed E-state index contributed by atoms with van der Waals surface area (Å²) in [5.74, 6) is -0.0849.